The number of benzene rings is 2. The SMILES string of the molecule is COc1cc(NC(=O)NCC#Cc2ccc(N3CCCCC3=O)cc2)cc(OC)c1. The van der Waals surface area contributed by atoms with Gasteiger partial charge in [0.05, 0.1) is 20.8 Å². The fraction of sp³-hybridized carbons (Fsp3) is 0.304. The lowest BCUT2D eigenvalue weighted by atomic mass is 10.1. The second-order valence-corrected chi connectivity index (χ2v) is 6.76. The molecule has 2 aromatic rings. The predicted octanol–water partition coefficient (Wildman–Crippen LogP) is 3.39. The van der Waals surface area contributed by atoms with E-state index in [0.717, 1.165) is 30.6 Å². The average Bonchev–Trinajstić information content (AvgIpc) is 2.77. The van der Waals surface area contributed by atoms with E-state index in [-0.39, 0.29) is 18.5 Å². The summed E-state index contributed by atoms with van der Waals surface area (Å²) in [7, 11) is 3.09. The minimum absolute atomic E-state index is 0.170. The first kappa shape index (κ1) is 21.1. The number of urea groups is 1. The number of rotatable bonds is 5. The van der Waals surface area contributed by atoms with Crippen molar-refractivity contribution in [1.82, 2.24) is 5.32 Å². The lowest BCUT2D eigenvalue weighted by Gasteiger charge is -2.26. The van der Waals surface area contributed by atoms with E-state index in [1.54, 1.807) is 32.4 Å². The lowest BCUT2D eigenvalue weighted by molar-refractivity contribution is -0.119. The molecule has 1 fully saturated rings. The van der Waals surface area contributed by atoms with Crippen LogP contribution in [-0.4, -0.2) is 39.2 Å². The summed E-state index contributed by atoms with van der Waals surface area (Å²) in [5.41, 5.74) is 2.28. The maximum Gasteiger partial charge on any atom is 0.319 e. The van der Waals surface area contributed by atoms with Crippen LogP contribution in [0.25, 0.3) is 0 Å². The maximum atomic E-state index is 12.1. The van der Waals surface area contributed by atoms with Crippen molar-refractivity contribution in [2.75, 3.05) is 37.5 Å². The van der Waals surface area contributed by atoms with E-state index in [9.17, 15) is 9.59 Å². The second-order valence-electron chi connectivity index (χ2n) is 6.76. The van der Waals surface area contributed by atoms with Crippen molar-refractivity contribution in [3.63, 3.8) is 0 Å². The Morgan fingerprint density at radius 2 is 1.77 bits per heavy atom. The monoisotopic (exact) mass is 407 g/mol. The molecule has 0 aromatic heterocycles. The van der Waals surface area contributed by atoms with Gasteiger partial charge in [-0.15, -0.1) is 0 Å². The summed E-state index contributed by atoms with van der Waals surface area (Å²) in [4.78, 5) is 25.9. The van der Waals surface area contributed by atoms with Crippen LogP contribution in [0.2, 0.25) is 0 Å². The number of amides is 3. The molecular formula is C23H25N3O4. The summed E-state index contributed by atoms with van der Waals surface area (Å²) in [5.74, 6) is 7.26. The second kappa shape index (κ2) is 10.2. The molecule has 30 heavy (non-hydrogen) atoms. The highest BCUT2D eigenvalue weighted by Gasteiger charge is 2.19. The van der Waals surface area contributed by atoms with Crippen molar-refractivity contribution in [1.29, 1.82) is 0 Å². The Morgan fingerprint density at radius 1 is 1.07 bits per heavy atom. The predicted molar refractivity (Wildman–Crippen MR) is 116 cm³/mol. The van der Waals surface area contributed by atoms with E-state index < -0.39 is 0 Å². The van der Waals surface area contributed by atoms with Crippen LogP contribution in [0.15, 0.2) is 42.5 Å². The molecule has 1 aliphatic rings. The van der Waals surface area contributed by atoms with Crippen molar-refractivity contribution in [3.05, 3.63) is 48.0 Å². The van der Waals surface area contributed by atoms with E-state index >= 15 is 0 Å². The number of methoxy groups -OCH3 is 2. The Hall–Kier alpha value is -3.66. The molecule has 7 nitrogen and oxygen atoms in total. The van der Waals surface area contributed by atoms with Gasteiger partial charge < -0.3 is 25.0 Å². The number of carbonyl (C=O) groups is 2. The zero-order chi connectivity index (χ0) is 21.3. The Kier molecular flexibility index (Phi) is 7.17. The van der Waals surface area contributed by atoms with E-state index in [1.165, 1.54) is 0 Å². The number of hydrogen-bond donors (Lipinski definition) is 2. The molecule has 0 atom stereocenters. The molecule has 2 N–H and O–H groups in total. The average molecular weight is 407 g/mol. The summed E-state index contributed by atoms with van der Waals surface area (Å²) >= 11 is 0. The van der Waals surface area contributed by atoms with Gasteiger partial charge in [0.25, 0.3) is 0 Å². The molecule has 1 heterocycles. The third-order valence-corrected chi connectivity index (χ3v) is 4.68. The highest BCUT2D eigenvalue weighted by Crippen LogP contribution is 2.25. The quantitative estimate of drug-likeness (QED) is 0.745. The zero-order valence-corrected chi connectivity index (χ0v) is 17.2. The Labute approximate surface area is 176 Å². The fourth-order valence-electron chi connectivity index (χ4n) is 3.13. The van der Waals surface area contributed by atoms with E-state index in [2.05, 4.69) is 22.5 Å². The molecule has 156 valence electrons. The first-order chi connectivity index (χ1) is 14.6. The Bertz CT molecular complexity index is 938. The van der Waals surface area contributed by atoms with Crippen LogP contribution >= 0.6 is 0 Å². The summed E-state index contributed by atoms with van der Waals surface area (Å²) in [6.07, 6.45) is 2.60. The maximum absolute atomic E-state index is 12.1. The number of piperidine rings is 1. The van der Waals surface area contributed by atoms with Gasteiger partial charge in [-0.2, -0.15) is 0 Å². The largest absolute Gasteiger partial charge is 0.497 e. The van der Waals surface area contributed by atoms with E-state index in [1.807, 2.05) is 29.2 Å². The van der Waals surface area contributed by atoms with Crippen molar-refractivity contribution in [2.45, 2.75) is 19.3 Å². The van der Waals surface area contributed by atoms with Crippen molar-refractivity contribution in [3.8, 4) is 23.3 Å². The molecule has 3 amide bonds. The van der Waals surface area contributed by atoms with Gasteiger partial charge in [-0.3, -0.25) is 4.79 Å². The smallest absolute Gasteiger partial charge is 0.319 e. The number of hydrogen-bond acceptors (Lipinski definition) is 4. The van der Waals surface area contributed by atoms with Gasteiger partial charge in [0.1, 0.15) is 11.5 Å². The van der Waals surface area contributed by atoms with Gasteiger partial charge in [-0.1, -0.05) is 11.8 Å². The van der Waals surface area contributed by atoms with Crippen LogP contribution in [0.3, 0.4) is 0 Å². The van der Waals surface area contributed by atoms with Gasteiger partial charge in [-0.05, 0) is 37.1 Å². The van der Waals surface area contributed by atoms with Gasteiger partial charge >= 0.3 is 6.03 Å². The number of nitrogens with zero attached hydrogens (tertiary/aromatic N) is 1. The van der Waals surface area contributed by atoms with E-state index in [0.29, 0.717) is 23.6 Å². The van der Waals surface area contributed by atoms with Crippen molar-refractivity contribution in [2.24, 2.45) is 0 Å². The van der Waals surface area contributed by atoms with Crippen LogP contribution in [0.1, 0.15) is 24.8 Å². The van der Waals surface area contributed by atoms with Crippen LogP contribution in [-0.2, 0) is 4.79 Å². The van der Waals surface area contributed by atoms with Crippen LogP contribution < -0.4 is 25.0 Å². The summed E-state index contributed by atoms with van der Waals surface area (Å²) in [6.45, 7) is 0.960. The molecule has 2 aromatic carbocycles. The molecule has 0 unspecified atom stereocenters. The Balaban J connectivity index is 1.51. The van der Waals surface area contributed by atoms with Gasteiger partial charge in [0.2, 0.25) is 5.91 Å². The summed E-state index contributed by atoms with van der Waals surface area (Å²) in [5, 5.41) is 5.41. The highest BCUT2D eigenvalue weighted by molar-refractivity contribution is 5.94. The minimum Gasteiger partial charge on any atom is -0.497 e. The molecule has 0 saturated carbocycles. The van der Waals surface area contributed by atoms with Gasteiger partial charge in [-0.25, -0.2) is 4.79 Å². The molecule has 1 saturated heterocycles. The minimum atomic E-state index is -0.376. The fourth-order valence-corrected chi connectivity index (χ4v) is 3.13. The molecule has 0 radical (unpaired) electrons. The lowest BCUT2D eigenvalue weighted by Crippen LogP contribution is -2.35. The topological polar surface area (TPSA) is 79.9 Å². The molecule has 0 spiro atoms. The molecule has 7 heteroatoms. The van der Waals surface area contributed by atoms with Crippen molar-refractivity contribution < 1.29 is 19.1 Å². The van der Waals surface area contributed by atoms with Gasteiger partial charge in [0, 0.05) is 48.1 Å². The van der Waals surface area contributed by atoms with Crippen LogP contribution in [0.4, 0.5) is 16.2 Å². The summed E-state index contributed by atoms with van der Waals surface area (Å²) < 4.78 is 10.4. The third kappa shape index (κ3) is 5.67. The normalized spacial score (nSPS) is 13.1. The number of carbonyl (C=O) groups excluding carboxylic acids is 2. The van der Waals surface area contributed by atoms with Crippen LogP contribution in [0, 0.1) is 11.8 Å². The van der Waals surface area contributed by atoms with E-state index in [4.69, 9.17) is 9.47 Å². The summed E-state index contributed by atoms with van der Waals surface area (Å²) in [6, 6.07) is 12.3. The first-order valence-electron chi connectivity index (χ1n) is 9.76. The number of ether oxygens (including phenoxy) is 2. The standard InChI is InChI=1S/C23H25N3O4/c1-29-20-14-18(15-21(16-20)30-2)25-23(28)24-12-5-6-17-8-10-19(11-9-17)26-13-4-3-7-22(26)27/h8-11,14-16H,3-4,7,12-13H2,1-2H3,(H2,24,25,28). The van der Waals surface area contributed by atoms with Gasteiger partial charge in [0.15, 0.2) is 0 Å². The third-order valence-electron chi connectivity index (χ3n) is 4.68. The highest BCUT2D eigenvalue weighted by atomic mass is 16.5. The molecule has 0 bridgehead atoms. The van der Waals surface area contributed by atoms with Crippen molar-refractivity contribution >= 4 is 23.3 Å². The number of nitrogens with one attached hydrogen (secondary N) is 2. The number of anilines is 2. The first-order valence-corrected chi connectivity index (χ1v) is 9.76. The molecule has 1 aliphatic heterocycles. The zero-order valence-electron chi connectivity index (χ0n) is 17.2. The molecular weight excluding hydrogens is 382 g/mol. The van der Waals surface area contributed by atoms with Crippen LogP contribution in [0.5, 0.6) is 11.5 Å². The molecule has 0 aliphatic carbocycles. The molecule has 3 rings (SSSR count). The Morgan fingerprint density at radius 3 is 2.40 bits per heavy atom.